The first-order valence-corrected chi connectivity index (χ1v) is 5.81. The van der Waals surface area contributed by atoms with Crippen molar-refractivity contribution in [2.24, 2.45) is 5.73 Å². The van der Waals surface area contributed by atoms with Crippen LogP contribution >= 0.6 is 0 Å². The van der Waals surface area contributed by atoms with Gasteiger partial charge in [0.25, 0.3) is 0 Å². The Bertz CT molecular complexity index is 83.7. The molecule has 1 rings (SSSR count). The maximum atomic E-state index is 5.50. The second-order valence-electron chi connectivity index (χ2n) is 1.35. The quantitative estimate of drug-likeness (QED) is 0.530. The molecular weight excluding hydrogens is 177 g/mol. The summed E-state index contributed by atoms with van der Waals surface area (Å²) in [5.74, 6) is 0. The predicted molar refractivity (Wildman–Crippen MR) is 28.9 cm³/mol. The first-order valence-electron chi connectivity index (χ1n) is 2.00. The van der Waals surface area contributed by atoms with Crippen molar-refractivity contribution < 1.29 is 0 Å². The van der Waals surface area contributed by atoms with Crippen molar-refractivity contribution in [1.82, 2.24) is 0 Å². The molecule has 0 aromatic carbocycles. The van der Waals surface area contributed by atoms with Gasteiger partial charge in [0.2, 0.25) is 0 Å². The Labute approximate surface area is 48.1 Å². The van der Waals surface area contributed by atoms with E-state index in [1.807, 2.05) is 0 Å². The number of nitrogens with two attached hydrogens (primary N) is 1. The van der Waals surface area contributed by atoms with E-state index < -0.39 is 0 Å². The zero-order valence-electron chi connectivity index (χ0n) is 3.46. The molecule has 0 aromatic rings. The van der Waals surface area contributed by atoms with Gasteiger partial charge in [0, 0.05) is 0 Å². The van der Waals surface area contributed by atoms with Crippen molar-refractivity contribution >= 4 is 26.2 Å². The fourth-order valence-corrected chi connectivity index (χ4v) is 2.65. The summed E-state index contributed by atoms with van der Waals surface area (Å²) in [6.07, 6.45) is 4.17. The van der Waals surface area contributed by atoms with Gasteiger partial charge in [-0.05, 0) is 0 Å². The number of allylic oxidation sites excluding steroid dienone is 1. The Balaban J connectivity index is 2.60. The molecule has 0 amide bonds. The van der Waals surface area contributed by atoms with Crippen LogP contribution in [0.25, 0.3) is 0 Å². The zero-order valence-corrected chi connectivity index (χ0v) is 6.76. The number of rotatable bonds is 0. The summed E-state index contributed by atoms with van der Waals surface area (Å²) < 4.78 is 2.76. The van der Waals surface area contributed by atoms with Gasteiger partial charge in [-0.15, -0.1) is 0 Å². The Hall–Kier alpha value is 0.440. The van der Waals surface area contributed by atoms with Gasteiger partial charge >= 0.3 is 47.9 Å². The number of hydrogen-bond acceptors (Lipinski definition) is 1. The molecule has 1 atom stereocenters. The van der Waals surface area contributed by atoms with Crippen LogP contribution in [0.3, 0.4) is 0 Å². The average Bonchev–Trinajstić information content (AvgIpc) is 1.86. The zero-order chi connectivity index (χ0) is 4.41. The topological polar surface area (TPSA) is 26.0 Å². The fourth-order valence-electron chi connectivity index (χ4n) is 0.449. The molecule has 0 saturated heterocycles. The molecule has 30 valence electrons. The van der Waals surface area contributed by atoms with E-state index in [1.165, 1.54) is 0 Å². The standard InChI is InChI=1S/C4H6N.In/c1-2-3-4-5;/h1-4H,5H2;. The molecular formula is C4H6InN. The molecule has 1 heterocycles. The van der Waals surface area contributed by atoms with E-state index in [9.17, 15) is 0 Å². The summed E-state index contributed by atoms with van der Waals surface area (Å²) >= 11 is -0.366. The first kappa shape index (κ1) is 4.60. The van der Waals surface area contributed by atoms with Gasteiger partial charge in [0.05, 0.1) is 0 Å². The maximum absolute atomic E-state index is 5.50. The fraction of sp³-hybridized carbons (Fsp3) is 0.250. The third-order valence-corrected chi connectivity index (χ3v) is 3.95. The van der Waals surface area contributed by atoms with Gasteiger partial charge in [-0.25, -0.2) is 0 Å². The SMILES string of the molecule is N[CH]1C=C[CH]=[In]1. The van der Waals surface area contributed by atoms with Crippen molar-refractivity contribution in [2.45, 2.75) is 3.80 Å². The Kier molecular flexibility index (Phi) is 1.48. The van der Waals surface area contributed by atoms with Gasteiger partial charge in [0.1, 0.15) is 0 Å². The van der Waals surface area contributed by atoms with E-state index in [0.29, 0.717) is 3.80 Å². The van der Waals surface area contributed by atoms with Crippen molar-refractivity contribution in [3.63, 3.8) is 0 Å². The van der Waals surface area contributed by atoms with Crippen molar-refractivity contribution in [3.05, 3.63) is 12.2 Å². The molecule has 0 bridgehead atoms. The molecule has 0 radical (unpaired) electrons. The summed E-state index contributed by atoms with van der Waals surface area (Å²) in [5, 5.41) is 0. The van der Waals surface area contributed by atoms with Crippen molar-refractivity contribution in [3.8, 4) is 0 Å². The normalized spacial score (nSPS) is 27.8. The van der Waals surface area contributed by atoms with Gasteiger partial charge in [0.15, 0.2) is 0 Å². The molecule has 1 aliphatic heterocycles. The number of hydrogen-bond donors (Lipinski definition) is 1. The molecule has 1 unspecified atom stereocenters. The van der Waals surface area contributed by atoms with Crippen molar-refractivity contribution in [2.75, 3.05) is 0 Å². The van der Waals surface area contributed by atoms with Crippen LogP contribution in [0.5, 0.6) is 0 Å². The van der Waals surface area contributed by atoms with E-state index >= 15 is 0 Å². The third-order valence-electron chi connectivity index (χ3n) is 0.778. The molecule has 0 saturated carbocycles. The molecule has 1 nitrogen and oxygen atoms in total. The van der Waals surface area contributed by atoms with Crippen LogP contribution in [-0.4, -0.2) is 30.0 Å². The summed E-state index contributed by atoms with van der Waals surface area (Å²) in [5.41, 5.74) is 5.50. The van der Waals surface area contributed by atoms with E-state index in [4.69, 9.17) is 5.73 Å². The van der Waals surface area contributed by atoms with Gasteiger partial charge in [-0.1, -0.05) is 0 Å². The van der Waals surface area contributed by atoms with Crippen LogP contribution in [0, 0.1) is 0 Å². The summed E-state index contributed by atoms with van der Waals surface area (Å²) in [6.45, 7) is 0. The third kappa shape index (κ3) is 0.949. The molecule has 0 spiro atoms. The van der Waals surface area contributed by atoms with Crippen LogP contribution in [0.1, 0.15) is 0 Å². The van der Waals surface area contributed by atoms with Gasteiger partial charge in [-0.2, -0.15) is 0 Å². The molecule has 2 heteroatoms. The minimum absolute atomic E-state index is 0.366. The molecule has 6 heavy (non-hydrogen) atoms. The Morgan fingerprint density at radius 2 is 2.50 bits per heavy atom. The van der Waals surface area contributed by atoms with Crippen LogP contribution in [-0.2, 0) is 0 Å². The van der Waals surface area contributed by atoms with Crippen LogP contribution in [0.2, 0.25) is 0 Å². The Morgan fingerprint density at radius 1 is 1.67 bits per heavy atom. The molecule has 0 fully saturated rings. The predicted octanol–water partition coefficient (Wildman–Crippen LogP) is -0.653. The summed E-state index contributed by atoms with van der Waals surface area (Å²) in [6, 6.07) is 0. The first-order chi connectivity index (χ1) is 2.89. The van der Waals surface area contributed by atoms with E-state index in [0.717, 1.165) is 0 Å². The second-order valence-corrected chi connectivity index (χ2v) is 5.74. The van der Waals surface area contributed by atoms with E-state index in [1.54, 1.807) is 0 Å². The van der Waals surface area contributed by atoms with Crippen LogP contribution in [0.4, 0.5) is 0 Å². The van der Waals surface area contributed by atoms with E-state index in [-0.39, 0.29) is 22.4 Å². The molecule has 2 N–H and O–H groups in total. The van der Waals surface area contributed by atoms with Crippen LogP contribution in [0.15, 0.2) is 12.2 Å². The van der Waals surface area contributed by atoms with Gasteiger partial charge in [-0.3, -0.25) is 0 Å². The summed E-state index contributed by atoms with van der Waals surface area (Å²) in [4.78, 5) is 0. The van der Waals surface area contributed by atoms with Gasteiger partial charge < -0.3 is 0 Å². The summed E-state index contributed by atoms with van der Waals surface area (Å²) in [7, 11) is 0. The molecule has 0 aliphatic carbocycles. The Morgan fingerprint density at radius 3 is 2.67 bits per heavy atom. The monoisotopic (exact) mass is 183 g/mol. The molecule has 1 aliphatic rings. The second kappa shape index (κ2) is 1.94. The van der Waals surface area contributed by atoms with Crippen LogP contribution < -0.4 is 5.73 Å². The van der Waals surface area contributed by atoms with Crippen molar-refractivity contribution in [1.29, 1.82) is 0 Å². The molecule has 0 aromatic heterocycles. The van der Waals surface area contributed by atoms with E-state index in [2.05, 4.69) is 15.9 Å². The average molecular weight is 183 g/mol. The minimum atomic E-state index is -0.366.